The zero-order valence-corrected chi connectivity index (χ0v) is 13.8. The van der Waals surface area contributed by atoms with E-state index < -0.39 is 17.8 Å². The van der Waals surface area contributed by atoms with E-state index in [0.29, 0.717) is 16.9 Å². The molecule has 0 aliphatic heterocycles. The number of carbonyl (C=O) groups excluding carboxylic acids is 2. The highest BCUT2D eigenvalue weighted by atomic mass is 32.1. The predicted octanol–water partition coefficient (Wildman–Crippen LogP) is 4.38. The van der Waals surface area contributed by atoms with Gasteiger partial charge in [0, 0.05) is 23.8 Å². The van der Waals surface area contributed by atoms with Crippen LogP contribution in [0.15, 0.2) is 23.6 Å². The average molecular weight is 356 g/mol. The summed E-state index contributed by atoms with van der Waals surface area (Å²) in [6, 6.07) is 5.47. The van der Waals surface area contributed by atoms with Crippen LogP contribution >= 0.6 is 11.3 Å². The third-order valence-electron chi connectivity index (χ3n) is 3.31. The van der Waals surface area contributed by atoms with Crippen molar-refractivity contribution >= 4 is 28.2 Å². The number of aromatic nitrogens is 1. The second-order valence-electron chi connectivity index (χ2n) is 5.33. The number of amides is 1. The van der Waals surface area contributed by atoms with Crippen molar-refractivity contribution in [1.29, 1.82) is 0 Å². The second kappa shape index (κ2) is 7.12. The molecule has 128 valence electrons. The molecule has 1 aromatic heterocycles. The van der Waals surface area contributed by atoms with Crippen molar-refractivity contribution in [2.45, 2.75) is 32.9 Å². The van der Waals surface area contributed by atoms with Crippen LogP contribution in [-0.4, -0.2) is 16.7 Å². The molecular weight excluding hydrogens is 341 g/mol. The Labute approximate surface area is 140 Å². The molecule has 0 saturated heterocycles. The quantitative estimate of drug-likeness (QED) is 0.809. The van der Waals surface area contributed by atoms with E-state index in [2.05, 4.69) is 10.3 Å². The standard InChI is InChI=1S/C16H15F3N2O2S/c1-9-3-4-10(2)11(7-9)12(22)5-6-14(23)21-15-20-13(8-24-15)16(17,18)19/h3-4,7-8H,5-6H2,1-2H3,(H,20,21,23). The Bertz CT molecular complexity index is 769. The van der Waals surface area contributed by atoms with Crippen molar-refractivity contribution in [2.24, 2.45) is 0 Å². The summed E-state index contributed by atoms with van der Waals surface area (Å²) >= 11 is 0.692. The highest BCUT2D eigenvalue weighted by molar-refractivity contribution is 7.13. The summed E-state index contributed by atoms with van der Waals surface area (Å²) in [5.74, 6) is -0.724. The summed E-state index contributed by atoms with van der Waals surface area (Å²) in [4.78, 5) is 27.3. The lowest BCUT2D eigenvalue weighted by atomic mass is 9.99. The van der Waals surface area contributed by atoms with Gasteiger partial charge >= 0.3 is 6.18 Å². The lowest BCUT2D eigenvalue weighted by molar-refractivity contribution is -0.140. The van der Waals surface area contributed by atoms with Gasteiger partial charge in [0.1, 0.15) is 0 Å². The SMILES string of the molecule is Cc1ccc(C)c(C(=O)CCC(=O)Nc2nc(C(F)(F)F)cs2)c1. The maximum atomic E-state index is 12.4. The number of hydrogen-bond donors (Lipinski definition) is 1. The summed E-state index contributed by atoms with van der Waals surface area (Å²) < 4.78 is 37.3. The first-order valence-corrected chi connectivity index (χ1v) is 7.98. The fourth-order valence-electron chi connectivity index (χ4n) is 2.04. The molecule has 0 bridgehead atoms. The van der Waals surface area contributed by atoms with E-state index in [1.807, 2.05) is 19.1 Å². The number of benzene rings is 1. The summed E-state index contributed by atoms with van der Waals surface area (Å²) in [6.07, 6.45) is -4.68. The van der Waals surface area contributed by atoms with Crippen LogP contribution in [0.4, 0.5) is 18.3 Å². The fraction of sp³-hybridized carbons (Fsp3) is 0.312. The summed E-state index contributed by atoms with van der Waals surface area (Å²) in [5, 5.41) is 2.98. The molecule has 1 aromatic carbocycles. The lowest BCUT2D eigenvalue weighted by Gasteiger charge is -2.06. The Balaban J connectivity index is 1.92. The number of thiazole rings is 1. The van der Waals surface area contributed by atoms with Gasteiger partial charge in [-0.25, -0.2) is 4.98 Å². The minimum Gasteiger partial charge on any atom is -0.302 e. The number of hydrogen-bond acceptors (Lipinski definition) is 4. The zero-order valence-electron chi connectivity index (χ0n) is 13.0. The Hall–Kier alpha value is -2.22. The van der Waals surface area contributed by atoms with Crippen molar-refractivity contribution in [3.05, 3.63) is 46.0 Å². The van der Waals surface area contributed by atoms with Crippen molar-refractivity contribution in [1.82, 2.24) is 4.98 Å². The Morgan fingerprint density at radius 3 is 2.54 bits per heavy atom. The van der Waals surface area contributed by atoms with Gasteiger partial charge in [-0.05, 0) is 25.5 Å². The van der Waals surface area contributed by atoms with Crippen molar-refractivity contribution in [3.63, 3.8) is 0 Å². The number of halogens is 3. The fourth-order valence-corrected chi connectivity index (χ4v) is 2.77. The van der Waals surface area contributed by atoms with E-state index in [1.165, 1.54) is 0 Å². The number of aryl methyl sites for hydroxylation is 2. The minimum atomic E-state index is -4.54. The molecular formula is C16H15F3N2O2S. The van der Waals surface area contributed by atoms with Crippen molar-refractivity contribution in [3.8, 4) is 0 Å². The third-order valence-corrected chi connectivity index (χ3v) is 4.07. The molecule has 2 rings (SSSR count). The highest BCUT2D eigenvalue weighted by Crippen LogP contribution is 2.31. The number of alkyl halides is 3. The molecule has 0 aliphatic rings. The number of nitrogens with zero attached hydrogens (tertiary/aromatic N) is 1. The molecule has 1 heterocycles. The van der Waals surface area contributed by atoms with Gasteiger partial charge in [0.05, 0.1) is 0 Å². The first kappa shape index (κ1) is 18.1. The Kier molecular flexibility index (Phi) is 5.38. The number of nitrogens with one attached hydrogen (secondary N) is 1. The number of anilines is 1. The van der Waals surface area contributed by atoms with E-state index in [1.54, 1.807) is 13.0 Å². The van der Waals surface area contributed by atoms with Gasteiger partial charge in [-0.3, -0.25) is 9.59 Å². The first-order chi connectivity index (χ1) is 11.2. The van der Waals surface area contributed by atoms with Gasteiger partial charge < -0.3 is 5.32 Å². The summed E-state index contributed by atoms with van der Waals surface area (Å²) in [7, 11) is 0. The summed E-state index contributed by atoms with van der Waals surface area (Å²) in [5.41, 5.74) is 1.27. The van der Waals surface area contributed by atoms with Crippen LogP contribution in [0.5, 0.6) is 0 Å². The molecule has 0 saturated carbocycles. The van der Waals surface area contributed by atoms with Crippen LogP contribution in [0.1, 0.15) is 40.0 Å². The van der Waals surface area contributed by atoms with Gasteiger partial charge in [0.2, 0.25) is 5.91 Å². The zero-order chi connectivity index (χ0) is 17.9. The van der Waals surface area contributed by atoms with Crippen LogP contribution in [-0.2, 0) is 11.0 Å². The molecule has 0 unspecified atom stereocenters. The Morgan fingerprint density at radius 2 is 1.92 bits per heavy atom. The van der Waals surface area contributed by atoms with Crippen LogP contribution in [0.3, 0.4) is 0 Å². The number of ketones is 1. The van der Waals surface area contributed by atoms with Crippen molar-refractivity contribution in [2.75, 3.05) is 5.32 Å². The van der Waals surface area contributed by atoms with Crippen LogP contribution in [0.25, 0.3) is 0 Å². The molecule has 1 amide bonds. The maximum Gasteiger partial charge on any atom is 0.434 e. The normalized spacial score (nSPS) is 11.4. The van der Waals surface area contributed by atoms with E-state index in [4.69, 9.17) is 0 Å². The monoisotopic (exact) mass is 356 g/mol. The molecule has 8 heteroatoms. The summed E-state index contributed by atoms with van der Waals surface area (Å²) in [6.45, 7) is 3.67. The molecule has 0 spiro atoms. The third kappa shape index (κ3) is 4.64. The largest absolute Gasteiger partial charge is 0.434 e. The second-order valence-corrected chi connectivity index (χ2v) is 6.18. The maximum absolute atomic E-state index is 12.4. The van der Waals surface area contributed by atoms with Gasteiger partial charge in [0.15, 0.2) is 16.6 Å². The van der Waals surface area contributed by atoms with E-state index in [-0.39, 0.29) is 23.8 Å². The van der Waals surface area contributed by atoms with Gasteiger partial charge in [0.25, 0.3) is 0 Å². The van der Waals surface area contributed by atoms with E-state index in [0.717, 1.165) is 16.5 Å². The van der Waals surface area contributed by atoms with Gasteiger partial charge in [-0.1, -0.05) is 17.7 Å². The van der Waals surface area contributed by atoms with E-state index >= 15 is 0 Å². The smallest absolute Gasteiger partial charge is 0.302 e. The minimum absolute atomic E-state index is 0.0202. The van der Waals surface area contributed by atoms with Crippen LogP contribution in [0, 0.1) is 13.8 Å². The molecule has 24 heavy (non-hydrogen) atoms. The van der Waals surface area contributed by atoms with Crippen molar-refractivity contribution < 1.29 is 22.8 Å². The van der Waals surface area contributed by atoms with Gasteiger partial charge in [-0.15, -0.1) is 11.3 Å². The Morgan fingerprint density at radius 1 is 1.21 bits per heavy atom. The number of rotatable bonds is 5. The van der Waals surface area contributed by atoms with Crippen LogP contribution in [0.2, 0.25) is 0 Å². The molecule has 0 radical (unpaired) electrons. The molecule has 0 atom stereocenters. The van der Waals surface area contributed by atoms with Crippen LogP contribution < -0.4 is 5.32 Å². The lowest BCUT2D eigenvalue weighted by Crippen LogP contribution is -2.14. The average Bonchev–Trinajstić information content (AvgIpc) is 2.96. The van der Waals surface area contributed by atoms with Gasteiger partial charge in [-0.2, -0.15) is 13.2 Å². The molecule has 0 fully saturated rings. The molecule has 0 aliphatic carbocycles. The molecule has 1 N–H and O–H groups in total. The number of Topliss-reactive ketones (excluding diaryl/α,β-unsaturated/α-hetero) is 1. The molecule has 2 aromatic rings. The number of carbonyl (C=O) groups is 2. The van der Waals surface area contributed by atoms with E-state index in [9.17, 15) is 22.8 Å². The first-order valence-electron chi connectivity index (χ1n) is 7.10. The topological polar surface area (TPSA) is 59.1 Å². The predicted molar refractivity (Wildman–Crippen MR) is 85.2 cm³/mol. The highest BCUT2D eigenvalue weighted by Gasteiger charge is 2.33. The molecule has 4 nitrogen and oxygen atoms in total.